The van der Waals surface area contributed by atoms with Crippen LogP contribution in [0.3, 0.4) is 0 Å². The molecule has 1 aliphatic rings. The third kappa shape index (κ3) is 2.56. The second-order valence-electron chi connectivity index (χ2n) is 3.76. The quantitative estimate of drug-likeness (QED) is 0.770. The third-order valence-electron chi connectivity index (χ3n) is 2.59. The molecule has 1 aliphatic heterocycles. The van der Waals surface area contributed by atoms with E-state index < -0.39 is 5.97 Å². The first kappa shape index (κ1) is 10.2. The zero-order chi connectivity index (χ0) is 10.7. The Balaban J connectivity index is 2.02. The van der Waals surface area contributed by atoms with Gasteiger partial charge in [0.05, 0.1) is 6.20 Å². The second kappa shape index (κ2) is 4.44. The summed E-state index contributed by atoms with van der Waals surface area (Å²) < 4.78 is 5.41. The van der Waals surface area contributed by atoms with Crippen molar-refractivity contribution in [2.45, 2.75) is 25.2 Å². The van der Waals surface area contributed by atoms with Gasteiger partial charge in [0.2, 0.25) is 0 Å². The van der Waals surface area contributed by atoms with Crippen LogP contribution in [0.2, 0.25) is 0 Å². The van der Waals surface area contributed by atoms with Gasteiger partial charge in [0.25, 0.3) is 0 Å². The number of carboxylic acids is 1. The summed E-state index contributed by atoms with van der Waals surface area (Å²) in [5.41, 5.74) is 0. The number of carboxylic acid groups (broad SMARTS) is 1. The Morgan fingerprint density at radius 2 is 2.33 bits per heavy atom. The Hall–Kier alpha value is -1.36. The molecule has 0 bridgehead atoms. The monoisotopic (exact) mass is 210 g/mol. The Morgan fingerprint density at radius 3 is 3.00 bits per heavy atom. The van der Waals surface area contributed by atoms with Crippen molar-refractivity contribution >= 4 is 5.97 Å². The lowest BCUT2D eigenvalue weighted by Gasteiger charge is -2.19. The fourth-order valence-electron chi connectivity index (χ4n) is 1.81. The SMILES string of the molecule is O=C(O)Cc1cnc(C2CCNCC2)o1. The van der Waals surface area contributed by atoms with E-state index in [1.54, 1.807) is 0 Å². The number of nitrogens with zero attached hydrogens (tertiary/aromatic N) is 1. The van der Waals surface area contributed by atoms with Gasteiger partial charge < -0.3 is 14.8 Å². The van der Waals surface area contributed by atoms with Gasteiger partial charge in [-0.05, 0) is 25.9 Å². The Bertz CT molecular complexity index is 342. The predicted molar refractivity (Wildman–Crippen MR) is 52.7 cm³/mol. The van der Waals surface area contributed by atoms with Crippen LogP contribution in [-0.2, 0) is 11.2 Å². The largest absolute Gasteiger partial charge is 0.481 e. The zero-order valence-electron chi connectivity index (χ0n) is 8.40. The molecule has 1 saturated heterocycles. The molecule has 0 unspecified atom stereocenters. The van der Waals surface area contributed by atoms with E-state index in [1.165, 1.54) is 6.20 Å². The number of carbonyl (C=O) groups is 1. The van der Waals surface area contributed by atoms with Gasteiger partial charge in [0.1, 0.15) is 12.2 Å². The van der Waals surface area contributed by atoms with Crippen LogP contribution in [0.1, 0.15) is 30.4 Å². The van der Waals surface area contributed by atoms with Crippen LogP contribution in [0.15, 0.2) is 10.6 Å². The van der Waals surface area contributed by atoms with Gasteiger partial charge in [-0.2, -0.15) is 0 Å². The molecule has 1 aromatic heterocycles. The third-order valence-corrected chi connectivity index (χ3v) is 2.59. The highest BCUT2D eigenvalue weighted by Crippen LogP contribution is 2.24. The second-order valence-corrected chi connectivity index (χ2v) is 3.76. The molecule has 5 heteroatoms. The summed E-state index contributed by atoms with van der Waals surface area (Å²) >= 11 is 0. The van der Waals surface area contributed by atoms with Crippen molar-refractivity contribution in [3.05, 3.63) is 17.8 Å². The summed E-state index contributed by atoms with van der Waals surface area (Å²) in [5.74, 6) is 0.584. The molecule has 15 heavy (non-hydrogen) atoms. The van der Waals surface area contributed by atoms with E-state index in [-0.39, 0.29) is 6.42 Å². The maximum atomic E-state index is 10.5. The molecule has 0 atom stereocenters. The van der Waals surface area contributed by atoms with Crippen molar-refractivity contribution in [3.63, 3.8) is 0 Å². The first-order valence-corrected chi connectivity index (χ1v) is 5.13. The lowest BCUT2D eigenvalue weighted by Crippen LogP contribution is -2.26. The van der Waals surface area contributed by atoms with Crippen LogP contribution in [0.4, 0.5) is 0 Å². The molecule has 82 valence electrons. The smallest absolute Gasteiger partial charge is 0.311 e. The highest BCUT2D eigenvalue weighted by atomic mass is 16.4. The standard InChI is InChI=1S/C10H14N2O3/c13-9(14)5-8-6-12-10(15-8)7-1-3-11-4-2-7/h6-7,11H,1-5H2,(H,13,14). The Morgan fingerprint density at radius 1 is 1.60 bits per heavy atom. The average Bonchev–Trinajstić information content (AvgIpc) is 2.67. The summed E-state index contributed by atoms with van der Waals surface area (Å²) in [6.07, 6.45) is 3.45. The van der Waals surface area contributed by atoms with Crippen molar-refractivity contribution in [1.29, 1.82) is 0 Å². The fourth-order valence-corrected chi connectivity index (χ4v) is 1.81. The lowest BCUT2D eigenvalue weighted by atomic mass is 9.98. The first-order chi connectivity index (χ1) is 7.25. The molecule has 2 heterocycles. The maximum absolute atomic E-state index is 10.5. The van der Waals surface area contributed by atoms with Crippen molar-refractivity contribution < 1.29 is 14.3 Å². The highest BCUT2D eigenvalue weighted by molar-refractivity contribution is 5.69. The summed E-state index contributed by atoms with van der Waals surface area (Å²) in [4.78, 5) is 14.6. The van der Waals surface area contributed by atoms with Gasteiger partial charge in [0, 0.05) is 5.92 Å². The molecule has 1 fully saturated rings. The van der Waals surface area contributed by atoms with E-state index in [0.29, 0.717) is 17.6 Å². The number of nitrogens with one attached hydrogen (secondary N) is 1. The van der Waals surface area contributed by atoms with Gasteiger partial charge in [-0.3, -0.25) is 4.79 Å². The van der Waals surface area contributed by atoms with Gasteiger partial charge >= 0.3 is 5.97 Å². The van der Waals surface area contributed by atoms with Gasteiger partial charge in [-0.25, -0.2) is 4.98 Å². The molecule has 0 radical (unpaired) electrons. The molecule has 1 aromatic rings. The number of hydrogen-bond donors (Lipinski definition) is 2. The molecular weight excluding hydrogens is 196 g/mol. The van der Waals surface area contributed by atoms with Gasteiger partial charge in [-0.1, -0.05) is 0 Å². The van der Waals surface area contributed by atoms with Crippen molar-refractivity contribution in [2.75, 3.05) is 13.1 Å². The van der Waals surface area contributed by atoms with Gasteiger partial charge in [0.15, 0.2) is 5.89 Å². The molecule has 2 N–H and O–H groups in total. The molecule has 0 amide bonds. The molecule has 0 spiro atoms. The molecular formula is C10H14N2O3. The number of hydrogen-bond acceptors (Lipinski definition) is 4. The van der Waals surface area contributed by atoms with Crippen LogP contribution in [0.5, 0.6) is 0 Å². The minimum atomic E-state index is -0.886. The van der Waals surface area contributed by atoms with E-state index in [0.717, 1.165) is 25.9 Å². The number of piperidine rings is 1. The molecule has 2 rings (SSSR count). The van der Waals surface area contributed by atoms with E-state index in [9.17, 15) is 4.79 Å². The minimum absolute atomic E-state index is 0.0853. The zero-order valence-corrected chi connectivity index (χ0v) is 8.40. The van der Waals surface area contributed by atoms with E-state index >= 15 is 0 Å². The van der Waals surface area contributed by atoms with Crippen LogP contribution in [0, 0.1) is 0 Å². The topological polar surface area (TPSA) is 75.4 Å². The van der Waals surface area contributed by atoms with Crippen molar-refractivity contribution in [2.24, 2.45) is 0 Å². The summed E-state index contributed by atoms with van der Waals surface area (Å²) in [6.45, 7) is 1.95. The number of aromatic nitrogens is 1. The normalized spacial score (nSPS) is 17.9. The molecule has 0 aliphatic carbocycles. The van der Waals surface area contributed by atoms with Crippen molar-refractivity contribution in [1.82, 2.24) is 10.3 Å². The van der Waals surface area contributed by atoms with E-state index in [2.05, 4.69) is 10.3 Å². The summed E-state index contributed by atoms with van der Waals surface area (Å²) in [7, 11) is 0. The fraction of sp³-hybridized carbons (Fsp3) is 0.600. The average molecular weight is 210 g/mol. The maximum Gasteiger partial charge on any atom is 0.311 e. The number of rotatable bonds is 3. The number of oxazole rings is 1. The van der Waals surface area contributed by atoms with Crippen molar-refractivity contribution in [3.8, 4) is 0 Å². The van der Waals surface area contributed by atoms with Crippen LogP contribution >= 0.6 is 0 Å². The van der Waals surface area contributed by atoms with Crippen LogP contribution in [-0.4, -0.2) is 29.1 Å². The van der Waals surface area contributed by atoms with E-state index in [4.69, 9.17) is 9.52 Å². The van der Waals surface area contributed by atoms with Gasteiger partial charge in [-0.15, -0.1) is 0 Å². The predicted octanol–water partition coefficient (Wildman–Crippen LogP) is 0.769. The Labute approximate surface area is 87.5 Å². The first-order valence-electron chi connectivity index (χ1n) is 5.13. The van der Waals surface area contributed by atoms with Crippen LogP contribution < -0.4 is 5.32 Å². The van der Waals surface area contributed by atoms with Crippen LogP contribution in [0.25, 0.3) is 0 Å². The minimum Gasteiger partial charge on any atom is -0.481 e. The highest BCUT2D eigenvalue weighted by Gasteiger charge is 2.20. The summed E-state index contributed by atoms with van der Waals surface area (Å²) in [6, 6.07) is 0. The Kier molecular flexibility index (Phi) is 3.01. The van der Waals surface area contributed by atoms with E-state index in [1.807, 2.05) is 0 Å². The molecule has 0 aromatic carbocycles. The molecule has 5 nitrogen and oxygen atoms in total. The summed E-state index contributed by atoms with van der Waals surface area (Å²) in [5, 5.41) is 11.8. The number of aliphatic carboxylic acids is 1. The molecule has 0 saturated carbocycles. The lowest BCUT2D eigenvalue weighted by molar-refractivity contribution is -0.136.